The van der Waals surface area contributed by atoms with Gasteiger partial charge in [-0.25, -0.2) is 0 Å². The molecule has 2 aliphatic heterocycles. The number of hydrogen-bond acceptors (Lipinski definition) is 2. The number of rotatable bonds is 2. The van der Waals surface area contributed by atoms with Crippen molar-refractivity contribution in [2.45, 2.75) is 38.3 Å². The van der Waals surface area contributed by atoms with Crippen molar-refractivity contribution in [3.8, 4) is 0 Å². The molecule has 0 bridgehead atoms. The summed E-state index contributed by atoms with van der Waals surface area (Å²) in [7, 11) is 2.28. The summed E-state index contributed by atoms with van der Waals surface area (Å²) in [5, 5.41) is 0. The van der Waals surface area contributed by atoms with Gasteiger partial charge in [0, 0.05) is 30.7 Å². The molecule has 0 aromatic heterocycles. The van der Waals surface area contributed by atoms with Crippen LogP contribution in [-0.4, -0.2) is 31.1 Å². The van der Waals surface area contributed by atoms with Gasteiger partial charge < -0.3 is 9.80 Å². The normalized spacial score (nSPS) is 24.2. The highest BCUT2D eigenvalue weighted by Gasteiger charge is 2.39. The molecular weight excluding hydrogens is 280 g/mol. The summed E-state index contributed by atoms with van der Waals surface area (Å²) in [5.74, 6) is 0.654. The van der Waals surface area contributed by atoms with Gasteiger partial charge in [0.25, 0.3) is 0 Å². The molecule has 0 aliphatic carbocycles. The maximum Gasteiger partial charge on any atom is 0.0432 e. The first kappa shape index (κ1) is 14.8. The van der Waals surface area contributed by atoms with Crippen molar-refractivity contribution in [3.63, 3.8) is 0 Å². The Bertz CT molecular complexity index is 679. The van der Waals surface area contributed by atoms with E-state index >= 15 is 0 Å². The van der Waals surface area contributed by atoms with Crippen molar-refractivity contribution in [1.29, 1.82) is 0 Å². The Kier molecular flexibility index (Phi) is 3.86. The van der Waals surface area contributed by atoms with Gasteiger partial charge in [0.05, 0.1) is 0 Å². The highest BCUT2D eigenvalue weighted by molar-refractivity contribution is 5.63. The largest absolute Gasteiger partial charge is 0.363 e. The summed E-state index contributed by atoms with van der Waals surface area (Å²) in [6.45, 7) is 5.66. The van der Waals surface area contributed by atoms with E-state index in [0.29, 0.717) is 12.0 Å². The zero-order valence-corrected chi connectivity index (χ0v) is 14.2. The Hall–Kier alpha value is -1.80. The number of likely N-dealkylation sites (tertiary alicyclic amines) is 1. The van der Waals surface area contributed by atoms with Crippen LogP contribution in [0.5, 0.6) is 0 Å². The second kappa shape index (κ2) is 6.01. The number of nitrogens with zero attached hydrogens (tertiary/aromatic N) is 2. The molecule has 0 amide bonds. The first-order chi connectivity index (χ1) is 11.2. The minimum atomic E-state index is 0.650. The highest BCUT2D eigenvalue weighted by Crippen LogP contribution is 2.45. The Balaban J connectivity index is 1.73. The summed E-state index contributed by atoms with van der Waals surface area (Å²) in [4.78, 5) is 5.19. The fourth-order valence-electron chi connectivity index (χ4n) is 4.39. The van der Waals surface area contributed by atoms with E-state index in [0.717, 1.165) is 6.54 Å². The van der Waals surface area contributed by atoms with E-state index in [-0.39, 0.29) is 0 Å². The fourth-order valence-corrected chi connectivity index (χ4v) is 4.39. The molecule has 2 aromatic carbocycles. The first-order valence-corrected chi connectivity index (χ1v) is 8.82. The van der Waals surface area contributed by atoms with Gasteiger partial charge in [0.1, 0.15) is 0 Å². The predicted molar refractivity (Wildman–Crippen MR) is 97.1 cm³/mol. The molecule has 2 atom stereocenters. The average molecular weight is 306 g/mol. The Labute approximate surface area is 139 Å². The fraction of sp³-hybridized carbons (Fsp3) is 0.429. The molecule has 0 spiro atoms. The SMILES string of the molecule is Cc1ccc2c(c1)[C@@H]1CN(C)CCCC1N2Cc1ccccc1. The van der Waals surface area contributed by atoms with Crippen molar-refractivity contribution >= 4 is 5.69 Å². The van der Waals surface area contributed by atoms with E-state index in [1.54, 1.807) is 5.56 Å². The minimum Gasteiger partial charge on any atom is -0.363 e. The molecule has 23 heavy (non-hydrogen) atoms. The molecule has 2 heterocycles. The lowest BCUT2D eigenvalue weighted by atomic mass is 9.92. The second-order valence-corrected chi connectivity index (χ2v) is 7.25. The lowest BCUT2D eigenvalue weighted by Gasteiger charge is -2.30. The molecule has 2 nitrogen and oxygen atoms in total. The van der Waals surface area contributed by atoms with E-state index in [1.165, 1.54) is 42.7 Å². The number of benzene rings is 2. The minimum absolute atomic E-state index is 0.650. The molecule has 2 heteroatoms. The van der Waals surface area contributed by atoms with Gasteiger partial charge in [-0.2, -0.15) is 0 Å². The molecule has 4 rings (SSSR count). The van der Waals surface area contributed by atoms with Gasteiger partial charge in [-0.15, -0.1) is 0 Å². The predicted octanol–water partition coefficient (Wildman–Crippen LogP) is 4.19. The third kappa shape index (κ3) is 2.76. The van der Waals surface area contributed by atoms with Crippen LogP contribution in [0.1, 0.15) is 35.4 Å². The van der Waals surface area contributed by atoms with Crippen molar-refractivity contribution in [2.75, 3.05) is 25.0 Å². The topological polar surface area (TPSA) is 6.48 Å². The monoisotopic (exact) mass is 306 g/mol. The average Bonchev–Trinajstić information content (AvgIpc) is 2.70. The zero-order chi connectivity index (χ0) is 15.8. The molecule has 0 N–H and O–H groups in total. The summed E-state index contributed by atoms with van der Waals surface area (Å²) in [6.07, 6.45) is 2.60. The van der Waals surface area contributed by atoms with Gasteiger partial charge in [-0.3, -0.25) is 0 Å². The molecular formula is C21H26N2. The Morgan fingerprint density at radius 1 is 1.09 bits per heavy atom. The van der Waals surface area contributed by atoms with Crippen LogP contribution in [0.25, 0.3) is 0 Å². The molecule has 0 radical (unpaired) electrons. The van der Waals surface area contributed by atoms with Crippen LogP contribution in [0, 0.1) is 6.92 Å². The van der Waals surface area contributed by atoms with E-state index in [9.17, 15) is 0 Å². The van der Waals surface area contributed by atoms with Crippen LogP contribution in [0.15, 0.2) is 48.5 Å². The molecule has 0 saturated carbocycles. The third-order valence-electron chi connectivity index (χ3n) is 5.50. The van der Waals surface area contributed by atoms with Crippen molar-refractivity contribution < 1.29 is 0 Å². The van der Waals surface area contributed by atoms with Crippen LogP contribution in [0.4, 0.5) is 5.69 Å². The van der Waals surface area contributed by atoms with E-state index in [1.807, 2.05) is 0 Å². The molecule has 120 valence electrons. The van der Waals surface area contributed by atoms with Crippen molar-refractivity contribution in [1.82, 2.24) is 4.90 Å². The lowest BCUT2D eigenvalue weighted by Crippen LogP contribution is -2.35. The van der Waals surface area contributed by atoms with E-state index in [2.05, 4.69) is 72.3 Å². The molecule has 1 unspecified atom stereocenters. The quantitative estimate of drug-likeness (QED) is 0.821. The third-order valence-corrected chi connectivity index (χ3v) is 5.50. The smallest absolute Gasteiger partial charge is 0.0432 e. The number of aryl methyl sites for hydroxylation is 1. The second-order valence-electron chi connectivity index (χ2n) is 7.25. The molecule has 2 aromatic rings. The Morgan fingerprint density at radius 3 is 2.74 bits per heavy atom. The van der Waals surface area contributed by atoms with Crippen molar-refractivity contribution in [3.05, 3.63) is 65.2 Å². The van der Waals surface area contributed by atoms with Crippen LogP contribution >= 0.6 is 0 Å². The van der Waals surface area contributed by atoms with Gasteiger partial charge in [0.2, 0.25) is 0 Å². The number of likely N-dealkylation sites (N-methyl/N-ethyl adjacent to an activating group) is 1. The first-order valence-electron chi connectivity index (χ1n) is 8.82. The highest BCUT2D eigenvalue weighted by atomic mass is 15.2. The summed E-state index contributed by atoms with van der Waals surface area (Å²) < 4.78 is 0. The van der Waals surface area contributed by atoms with Gasteiger partial charge in [-0.05, 0) is 50.6 Å². The summed E-state index contributed by atoms with van der Waals surface area (Å²) in [6, 6.07) is 18.6. The molecule has 1 fully saturated rings. The Morgan fingerprint density at radius 2 is 1.91 bits per heavy atom. The van der Waals surface area contributed by atoms with Crippen LogP contribution in [0.3, 0.4) is 0 Å². The van der Waals surface area contributed by atoms with Crippen LogP contribution < -0.4 is 4.90 Å². The van der Waals surface area contributed by atoms with Crippen LogP contribution in [0.2, 0.25) is 0 Å². The standard InChI is InChI=1S/C21H26N2/c1-16-10-11-21-18(13-16)19-15-22(2)12-6-9-20(19)23(21)14-17-7-4-3-5-8-17/h3-5,7-8,10-11,13,19-20H,6,9,12,14-15H2,1-2H3/t19-,20?/m0/s1. The van der Waals surface area contributed by atoms with Gasteiger partial charge in [0.15, 0.2) is 0 Å². The maximum atomic E-state index is 2.67. The van der Waals surface area contributed by atoms with Gasteiger partial charge >= 0.3 is 0 Å². The van der Waals surface area contributed by atoms with Crippen LogP contribution in [-0.2, 0) is 6.54 Å². The zero-order valence-electron chi connectivity index (χ0n) is 14.2. The number of fused-ring (bicyclic) bond motifs is 3. The van der Waals surface area contributed by atoms with Gasteiger partial charge in [-0.1, -0.05) is 48.0 Å². The summed E-state index contributed by atoms with van der Waals surface area (Å²) >= 11 is 0. The lowest BCUT2D eigenvalue weighted by molar-refractivity contribution is 0.330. The molecule has 2 aliphatic rings. The van der Waals surface area contributed by atoms with E-state index in [4.69, 9.17) is 0 Å². The van der Waals surface area contributed by atoms with Crippen molar-refractivity contribution in [2.24, 2.45) is 0 Å². The maximum absolute atomic E-state index is 2.67. The van der Waals surface area contributed by atoms with E-state index < -0.39 is 0 Å². The number of anilines is 1. The molecule has 1 saturated heterocycles. The number of hydrogen-bond donors (Lipinski definition) is 0. The summed E-state index contributed by atoms with van der Waals surface area (Å²) in [5.41, 5.74) is 5.83.